The molecule has 0 unspecified atom stereocenters. The van der Waals surface area contributed by atoms with E-state index < -0.39 is 0 Å². The minimum atomic E-state index is -0.329. The number of hydrogen-bond acceptors (Lipinski definition) is 4. The summed E-state index contributed by atoms with van der Waals surface area (Å²) >= 11 is 0. The molecule has 0 radical (unpaired) electrons. The maximum absolute atomic E-state index is 12.0. The fourth-order valence-corrected chi connectivity index (χ4v) is 2.62. The normalized spacial score (nSPS) is 14.0. The van der Waals surface area contributed by atoms with Gasteiger partial charge in [-0.05, 0) is 12.8 Å². The number of carbonyl (C=O) groups excluding carboxylic acids is 2. The third kappa shape index (κ3) is 3.77. The van der Waals surface area contributed by atoms with Crippen molar-refractivity contribution in [2.24, 2.45) is 0 Å². The van der Waals surface area contributed by atoms with Gasteiger partial charge in [-0.1, -0.05) is 35.5 Å². The third-order valence-corrected chi connectivity index (χ3v) is 3.88. The highest BCUT2D eigenvalue weighted by Gasteiger charge is 2.18. The SMILES string of the molecule is O=C(NCCC(=O)N1CCCC1)c1cc(-c2ccccc2)on1. The number of amides is 2. The Bertz CT molecular complexity index is 675. The van der Waals surface area contributed by atoms with Gasteiger partial charge in [0.05, 0.1) is 0 Å². The summed E-state index contributed by atoms with van der Waals surface area (Å²) in [5, 5.41) is 6.49. The second kappa shape index (κ2) is 7.09. The molecule has 1 N–H and O–H groups in total. The number of rotatable bonds is 5. The molecule has 23 heavy (non-hydrogen) atoms. The number of likely N-dealkylation sites (tertiary alicyclic amines) is 1. The van der Waals surface area contributed by atoms with Gasteiger partial charge in [0.15, 0.2) is 11.5 Å². The van der Waals surface area contributed by atoms with Crippen LogP contribution in [0.4, 0.5) is 0 Å². The Labute approximate surface area is 134 Å². The van der Waals surface area contributed by atoms with Crippen LogP contribution in [0.3, 0.4) is 0 Å². The molecule has 0 atom stereocenters. The molecular weight excluding hydrogens is 294 g/mol. The zero-order chi connectivity index (χ0) is 16.1. The molecule has 6 nitrogen and oxygen atoms in total. The zero-order valence-corrected chi connectivity index (χ0v) is 12.8. The predicted octanol–water partition coefficient (Wildman–Crippen LogP) is 2.08. The minimum Gasteiger partial charge on any atom is -0.355 e. The maximum atomic E-state index is 12.0. The smallest absolute Gasteiger partial charge is 0.273 e. The lowest BCUT2D eigenvalue weighted by atomic mass is 10.1. The van der Waals surface area contributed by atoms with Crippen LogP contribution >= 0.6 is 0 Å². The van der Waals surface area contributed by atoms with Crippen molar-refractivity contribution in [3.8, 4) is 11.3 Å². The van der Waals surface area contributed by atoms with Crippen LogP contribution in [-0.2, 0) is 4.79 Å². The molecule has 0 aliphatic carbocycles. The minimum absolute atomic E-state index is 0.0907. The fourth-order valence-electron chi connectivity index (χ4n) is 2.62. The summed E-state index contributed by atoms with van der Waals surface area (Å²) in [6.07, 6.45) is 2.45. The van der Waals surface area contributed by atoms with Gasteiger partial charge in [0.1, 0.15) is 0 Å². The van der Waals surface area contributed by atoms with Crippen LogP contribution in [0.2, 0.25) is 0 Å². The van der Waals surface area contributed by atoms with Crippen molar-refractivity contribution in [2.75, 3.05) is 19.6 Å². The maximum Gasteiger partial charge on any atom is 0.273 e. The summed E-state index contributed by atoms with van der Waals surface area (Å²) in [4.78, 5) is 25.8. The third-order valence-electron chi connectivity index (χ3n) is 3.88. The Kier molecular flexibility index (Phi) is 4.71. The average Bonchev–Trinajstić information content (AvgIpc) is 3.27. The van der Waals surface area contributed by atoms with Crippen molar-refractivity contribution in [3.63, 3.8) is 0 Å². The second-order valence-corrected chi connectivity index (χ2v) is 5.54. The van der Waals surface area contributed by atoms with Crippen LogP contribution in [0.15, 0.2) is 40.9 Å². The van der Waals surface area contributed by atoms with Crippen LogP contribution in [0, 0.1) is 0 Å². The average molecular weight is 313 g/mol. The monoisotopic (exact) mass is 313 g/mol. The van der Waals surface area contributed by atoms with Crippen molar-refractivity contribution < 1.29 is 14.1 Å². The summed E-state index contributed by atoms with van der Waals surface area (Å²) in [7, 11) is 0. The van der Waals surface area contributed by atoms with E-state index in [1.807, 2.05) is 35.2 Å². The first kappa shape index (κ1) is 15.3. The van der Waals surface area contributed by atoms with Gasteiger partial charge in [0, 0.05) is 37.7 Å². The van der Waals surface area contributed by atoms with Gasteiger partial charge in [0.25, 0.3) is 5.91 Å². The van der Waals surface area contributed by atoms with Crippen LogP contribution in [-0.4, -0.2) is 41.5 Å². The molecule has 0 saturated carbocycles. The Hall–Kier alpha value is -2.63. The molecular formula is C17H19N3O3. The van der Waals surface area contributed by atoms with E-state index in [0.717, 1.165) is 31.5 Å². The first-order chi connectivity index (χ1) is 11.2. The topological polar surface area (TPSA) is 75.4 Å². The lowest BCUT2D eigenvalue weighted by molar-refractivity contribution is -0.129. The summed E-state index contributed by atoms with van der Waals surface area (Å²) in [6.45, 7) is 1.97. The molecule has 6 heteroatoms. The molecule has 0 bridgehead atoms. The summed E-state index contributed by atoms with van der Waals surface area (Å²) in [5.41, 5.74) is 1.08. The van der Waals surface area contributed by atoms with E-state index in [0.29, 0.717) is 18.7 Å². The Morgan fingerprint density at radius 1 is 1.17 bits per heavy atom. The number of aromatic nitrogens is 1. The molecule has 1 saturated heterocycles. The molecule has 120 valence electrons. The molecule has 1 fully saturated rings. The molecule has 2 amide bonds. The number of benzene rings is 1. The van der Waals surface area contributed by atoms with Crippen molar-refractivity contribution in [1.29, 1.82) is 0 Å². The standard InChI is InChI=1S/C17H19N3O3/c21-16(20-10-4-5-11-20)8-9-18-17(22)14-12-15(23-19-14)13-6-2-1-3-7-13/h1-3,6-7,12H,4-5,8-11H2,(H,18,22). The quantitative estimate of drug-likeness (QED) is 0.917. The lowest BCUT2D eigenvalue weighted by Crippen LogP contribution is -2.32. The van der Waals surface area contributed by atoms with E-state index in [4.69, 9.17) is 4.52 Å². The Morgan fingerprint density at radius 2 is 1.91 bits per heavy atom. The van der Waals surface area contributed by atoms with E-state index in [9.17, 15) is 9.59 Å². The first-order valence-corrected chi connectivity index (χ1v) is 7.82. The molecule has 1 aliphatic rings. The second-order valence-electron chi connectivity index (χ2n) is 5.54. The molecule has 3 rings (SSSR count). The zero-order valence-electron chi connectivity index (χ0n) is 12.8. The molecule has 0 spiro atoms. The van der Waals surface area contributed by atoms with Gasteiger partial charge in [-0.3, -0.25) is 9.59 Å². The molecule has 2 aromatic rings. The van der Waals surface area contributed by atoms with E-state index in [2.05, 4.69) is 10.5 Å². The largest absolute Gasteiger partial charge is 0.355 e. The van der Waals surface area contributed by atoms with Crippen LogP contribution in [0.5, 0.6) is 0 Å². The van der Waals surface area contributed by atoms with Crippen molar-refractivity contribution in [1.82, 2.24) is 15.4 Å². The summed E-state index contributed by atoms with van der Waals surface area (Å²) < 4.78 is 5.19. The Morgan fingerprint density at radius 3 is 2.65 bits per heavy atom. The van der Waals surface area contributed by atoms with E-state index in [1.54, 1.807) is 6.07 Å². The number of nitrogens with one attached hydrogen (secondary N) is 1. The summed E-state index contributed by atoms with van der Waals surface area (Å²) in [5.74, 6) is 0.307. The highest BCUT2D eigenvalue weighted by atomic mass is 16.5. The van der Waals surface area contributed by atoms with Gasteiger partial charge < -0.3 is 14.7 Å². The van der Waals surface area contributed by atoms with E-state index in [1.165, 1.54) is 0 Å². The van der Waals surface area contributed by atoms with Gasteiger partial charge in [-0.25, -0.2) is 0 Å². The molecule has 2 heterocycles. The van der Waals surface area contributed by atoms with Crippen LogP contribution in [0.25, 0.3) is 11.3 Å². The fraction of sp³-hybridized carbons (Fsp3) is 0.353. The summed E-state index contributed by atoms with van der Waals surface area (Å²) in [6, 6.07) is 11.1. The highest BCUT2D eigenvalue weighted by Crippen LogP contribution is 2.19. The number of nitrogens with zero attached hydrogens (tertiary/aromatic N) is 2. The van der Waals surface area contributed by atoms with Gasteiger partial charge in [-0.2, -0.15) is 0 Å². The van der Waals surface area contributed by atoms with Crippen molar-refractivity contribution >= 4 is 11.8 Å². The van der Waals surface area contributed by atoms with E-state index >= 15 is 0 Å². The molecule has 1 aromatic carbocycles. The highest BCUT2D eigenvalue weighted by molar-refractivity contribution is 5.93. The van der Waals surface area contributed by atoms with Crippen molar-refractivity contribution in [3.05, 3.63) is 42.1 Å². The van der Waals surface area contributed by atoms with Gasteiger partial charge >= 0.3 is 0 Å². The lowest BCUT2D eigenvalue weighted by Gasteiger charge is -2.14. The van der Waals surface area contributed by atoms with Gasteiger partial charge in [0.2, 0.25) is 5.91 Å². The van der Waals surface area contributed by atoms with E-state index in [-0.39, 0.29) is 17.5 Å². The number of carbonyl (C=O) groups is 2. The predicted molar refractivity (Wildman–Crippen MR) is 84.7 cm³/mol. The number of hydrogen-bond donors (Lipinski definition) is 1. The van der Waals surface area contributed by atoms with Crippen molar-refractivity contribution in [2.45, 2.75) is 19.3 Å². The Balaban J connectivity index is 1.51. The molecule has 1 aromatic heterocycles. The van der Waals surface area contributed by atoms with Crippen LogP contribution in [0.1, 0.15) is 29.8 Å². The van der Waals surface area contributed by atoms with Gasteiger partial charge in [-0.15, -0.1) is 0 Å². The van der Waals surface area contributed by atoms with Crippen LogP contribution < -0.4 is 5.32 Å². The first-order valence-electron chi connectivity index (χ1n) is 7.82. The molecule has 1 aliphatic heterocycles.